The van der Waals surface area contributed by atoms with Gasteiger partial charge >= 0.3 is 0 Å². The second kappa shape index (κ2) is 5.18. The molecular weight excluding hydrogens is 228 g/mol. The minimum atomic E-state index is -0.875. The fraction of sp³-hybridized carbons (Fsp3) is 0.455. The molecule has 1 aliphatic rings. The zero-order valence-corrected chi connectivity index (χ0v) is 9.12. The third-order valence-electron chi connectivity index (χ3n) is 2.61. The zero-order valence-electron chi connectivity index (χ0n) is 9.12. The standard InChI is InChI=1S/C11H13F2N3O/c12-7-3-9(14-5-7)4-11(17)16-8-1-2-10(13)15-6-8/h1-2,6-7,9,14H,3-5H2,(H,16,17)/t7-,9+/m1/s1. The molecule has 2 N–H and O–H groups in total. The molecule has 0 saturated carbocycles. The van der Waals surface area contributed by atoms with E-state index in [1.165, 1.54) is 18.3 Å². The van der Waals surface area contributed by atoms with E-state index in [2.05, 4.69) is 15.6 Å². The average molecular weight is 241 g/mol. The summed E-state index contributed by atoms with van der Waals surface area (Å²) >= 11 is 0. The summed E-state index contributed by atoms with van der Waals surface area (Å²) in [5.74, 6) is -0.828. The Morgan fingerprint density at radius 3 is 3.00 bits per heavy atom. The van der Waals surface area contributed by atoms with Crippen LogP contribution in [0.4, 0.5) is 14.5 Å². The SMILES string of the molecule is O=C(C[C@@H]1C[C@@H](F)CN1)Nc1ccc(F)nc1. The number of nitrogens with one attached hydrogen (secondary N) is 2. The number of carbonyl (C=O) groups excluding carboxylic acids is 1. The zero-order chi connectivity index (χ0) is 12.3. The molecule has 0 bridgehead atoms. The maximum Gasteiger partial charge on any atom is 0.225 e. The molecule has 1 aliphatic heterocycles. The molecule has 6 heteroatoms. The molecule has 0 spiro atoms. The van der Waals surface area contributed by atoms with Gasteiger partial charge in [0.2, 0.25) is 11.9 Å². The van der Waals surface area contributed by atoms with Gasteiger partial charge < -0.3 is 10.6 Å². The largest absolute Gasteiger partial charge is 0.325 e. The van der Waals surface area contributed by atoms with Crippen molar-refractivity contribution in [2.75, 3.05) is 11.9 Å². The second-order valence-electron chi connectivity index (χ2n) is 4.06. The Hall–Kier alpha value is -1.56. The highest BCUT2D eigenvalue weighted by Gasteiger charge is 2.25. The maximum absolute atomic E-state index is 12.8. The molecule has 92 valence electrons. The van der Waals surface area contributed by atoms with Crippen LogP contribution in [0.25, 0.3) is 0 Å². The molecule has 1 aromatic heterocycles. The van der Waals surface area contributed by atoms with Gasteiger partial charge in [-0.25, -0.2) is 9.37 Å². The first-order valence-corrected chi connectivity index (χ1v) is 5.42. The van der Waals surface area contributed by atoms with Crippen molar-refractivity contribution in [2.45, 2.75) is 25.1 Å². The third-order valence-corrected chi connectivity index (χ3v) is 2.61. The Morgan fingerprint density at radius 2 is 2.41 bits per heavy atom. The third kappa shape index (κ3) is 3.45. The lowest BCUT2D eigenvalue weighted by Crippen LogP contribution is -2.27. The van der Waals surface area contributed by atoms with Crippen LogP contribution in [0.15, 0.2) is 18.3 Å². The van der Waals surface area contributed by atoms with E-state index in [-0.39, 0.29) is 18.4 Å². The van der Waals surface area contributed by atoms with Crippen LogP contribution in [0, 0.1) is 5.95 Å². The summed E-state index contributed by atoms with van der Waals surface area (Å²) < 4.78 is 25.4. The summed E-state index contributed by atoms with van der Waals surface area (Å²) in [6.07, 6.45) is 0.931. The van der Waals surface area contributed by atoms with E-state index in [1.54, 1.807) is 0 Å². The van der Waals surface area contributed by atoms with Gasteiger partial charge in [-0.2, -0.15) is 4.39 Å². The molecule has 0 aliphatic carbocycles. The van der Waals surface area contributed by atoms with Crippen LogP contribution in [-0.4, -0.2) is 29.6 Å². The number of nitrogens with zero attached hydrogens (tertiary/aromatic N) is 1. The Labute approximate surface area is 97.4 Å². The minimum absolute atomic E-state index is 0.126. The average Bonchev–Trinajstić information content (AvgIpc) is 2.67. The molecular formula is C11H13F2N3O. The number of hydrogen-bond acceptors (Lipinski definition) is 3. The lowest BCUT2D eigenvalue weighted by Gasteiger charge is -2.09. The number of amides is 1. The van der Waals surface area contributed by atoms with Crippen LogP contribution in [0.2, 0.25) is 0 Å². The van der Waals surface area contributed by atoms with Crippen molar-refractivity contribution < 1.29 is 13.6 Å². The molecule has 1 saturated heterocycles. The van der Waals surface area contributed by atoms with E-state index in [1.807, 2.05) is 0 Å². The number of alkyl halides is 1. The molecule has 2 heterocycles. The highest BCUT2D eigenvalue weighted by Crippen LogP contribution is 2.14. The van der Waals surface area contributed by atoms with Gasteiger partial charge in [0.05, 0.1) is 11.9 Å². The Bertz CT molecular complexity index is 396. The van der Waals surface area contributed by atoms with E-state index in [0.29, 0.717) is 18.7 Å². The van der Waals surface area contributed by atoms with E-state index in [0.717, 1.165) is 0 Å². The maximum atomic E-state index is 12.8. The highest BCUT2D eigenvalue weighted by atomic mass is 19.1. The molecule has 0 unspecified atom stereocenters. The molecule has 1 fully saturated rings. The van der Waals surface area contributed by atoms with Gasteiger partial charge in [0.15, 0.2) is 0 Å². The predicted octanol–water partition coefficient (Wildman–Crippen LogP) is 1.25. The lowest BCUT2D eigenvalue weighted by atomic mass is 10.1. The monoisotopic (exact) mass is 241 g/mol. The Kier molecular flexibility index (Phi) is 3.63. The molecule has 2 rings (SSSR count). The number of aromatic nitrogens is 1. The van der Waals surface area contributed by atoms with E-state index in [4.69, 9.17) is 0 Å². The van der Waals surface area contributed by atoms with E-state index < -0.39 is 12.1 Å². The second-order valence-corrected chi connectivity index (χ2v) is 4.06. The van der Waals surface area contributed by atoms with E-state index in [9.17, 15) is 13.6 Å². The van der Waals surface area contributed by atoms with Crippen molar-refractivity contribution in [3.63, 3.8) is 0 Å². The smallest absolute Gasteiger partial charge is 0.225 e. The summed E-state index contributed by atoms with van der Waals surface area (Å²) in [5, 5.41) is 5.50. The van der Waals surface area contributed by atoms with Gasteiger partial charge in [-0.15, -0.1) is 0 Å². The van der Waals surface area contributed by atoms with Gasteiger partial charge in [-0.1, -0.05) is 0 Å². The van der Waals surface area contributed by atoms with Crippen molar-refractivity contribution in [3.8, 4) is 0 Å². The Morgan fingerprint density at radius 1 is 1.59 bits per heavy atom. The van der Waals surface area contributed by atoms with Crippen LogP contribution in [0.3, 0.4) is 0 Å². The van der Waals surface area contributed by atoms with Gasteiger partial charge in [0, 0.05) is 19.0 Å². The molecule has 1 aromatic rings. The number of anilines is 1. The van der Waals surface area contributed by atoms with Crippen LogP contribution in [0.5, 0.6) is 0 Å². The van der Waals surface area contributed by atoms with Crippen LogP contribution >= 0.6 is 0 Å². The summed E-state index contributed by atoms with van der Waals surface area (Å²) in [7, 11) is 0. The van der Waals surface area contributed by atoms with Crippen molar-refractivity contribution in [3.05, 3.63) is 24.3 Å². The van der Waals surface area contributed by atoms with Crippen molar-refractivity contribution >= 4 is 11.6 Å². The molecule has 0 aromatic carbocycles. The number of halogens is 2. The van der Waals surface area contributed by atoms with Crippen molar-refractivity contribution in [1.29, 1.82) is 0 Å². The fourth-order valence-electron chi connectivity index (χ4n) is 1.81. The van der Waals surface area contributed by atoms with Crippen molar-refractivity contribution in [1.82, 2.24) is 10.3 Å². The van der Waals surface area contributed by atoms with Crippen LogP contribution in [0.1, 0.15) is 12.8 Å². The summed E-state index contributed by atoms with van der Waals surface area (Å²) in [5.41, 5.74) is 0.436. The van der Waals surface area contributed by atoms with Gasteiger partial charge in [-0.05, 0) is 18.6 Å². The first-order chi connectivity index (χ1) is 8.13. The quantitative estimate of drug-likeness (QED) is 0.783. The van der Waals surface area contributed by atoms with E-state index >= 15 is 0 Å². The molecule has 4 nitrogen and oxygen atoms in total. The number of rotatable bonds is 3. The summed E-state index contributed by atoms with van der Waals surface area (Å²) in [6.45, 7) is 0.302. The number of carbonyl (C=O) groups is 1. The summed E-state index contributed by atoms with van der Waals surface area (Å²) in [6, 6.07) is 2.47. The number of pyridine rings is 1. The molecule has 0 radical (unpaired) electrons. The molecule has 17 heavy (non-hydrogen) atoms. The molecule has 1 amide bonds. The topological polar surface area (TPSA) is 54.0 Å². The number of hydrogen-bond donors (Lipinski definition) is 2. The first-order valence-electron chi connectivity index (χ1n) is 5.42. The summed E-state index contributed by atoms with van der Waals surface area (Å²) in [4.78, 5) is 15.0. The van der Waals surface area contributed by atoms with Gasteiger partial charge in [0.25, 0.3) is 0 Å². The highest BCUT2D eigenvalue weighted by molar-refractivity contribution is 5.90. The van der Waals surface area contributed by atoms with Gasteiger partial charge in [-0.3, -0.25) is 4.79 Å². The van der Waals surface area contributed by atoms with Crippen molar-refractivity contribution in [2.24, 2.45) is 0 Å². The Balaban J connectivity index is 1.83. The minimum Gasteiger partial charge on any atom is -0.325 e. The lowest BCUT2D eigenvalue weighted by molar-refractivity contribution is -0.116. The van der Waals surface area contributed by atoms with Crippen LogP contribution in [-0.2, 0) is 4.79 Å². The predicted molar refractivity (Wildman–Crippen MR) is 58.7 cm³/mol. The van der Waals surface area contributed by atoms with Crippen LogP contribution < -0.4 is 10.6 Å². The van der Waals surface area contributed by atoms with Gasteiger partial charge in [0.1, 0.15) is 6.17 Å². The normalized spacial score (nSPS) is 23.6. The molecule has 2 atom stereocenters. The first kappa shape index (κ1) is 11.9. The fourth-order valence-corrected chi connectivity index (χ4v) is 1.81.